The molecule has 1 atom stereocenters. The quantitative estimate of drug-likeness (QED) is 0.907. The molecule has 0 radical (unpaired) electrons. The predicted molar refractivity (Wildman–Crippen MR) is 60.6 cm³/mol. The van der Waals surface area contributed by atoms with E-state index < -0.39 is 6.36 Å². The van der Waals surface area contributed by atoms with E-state index in [2.05, 4.69) is 4.74 Å². The summed E-state index contributed by atoms with van der Waals surface area (Å²) in [5, 5.41) is 9.19. The Balaban J connectivity index is 2.08. The minimum Gasteiger partial charge on any atom is -0.406 e. The molecule has 0 saturated carbocycles. The zero-order valence-electron chi connectivity index (χ0n) is 9.65. The summed E-state index contributed by atoms with van der Waals surface area (Å²) in [7, 11) is 0. The highest BCUT2D eigenvalue weighted by Gasteiger charge is 2.31. The molecule has 0 aromatic heterocycles. The maximum absolute atomic E-state index is 12.0. The molecular weight excluding hydrogens is 247 g/mol. The molecule has 0 aliphatic carbocycles. The van der Waals surface area contributed by atoms with Gasteiger partial charge < -0.3 is 14.7 Å². The molecule has 1 saturated heterocycles. The van der Waals surface area contributed by atoms with Crippen molar-refractivity contribution in [2.24, 2.45) is 0 Å². The van der Waals surface area contributed by atoms with Crippen LogP contribution in [0.3, 0.4) is 0 Å². The van der Waals surface area contributed by atoms with E-state index in [0.29, 0.717) is 0 Å². The molecule has 1 aromatic rings. The van der Waals surface area contributed by atoms with Gasteiger partial charge in [-0.1, -0.05) is 0 Å². The molecular formula is C12H14F3NO2. The van der Waals surface area contributed by atoms with Gasteiger partial charge in [0.25, 0.3) is 0 Å². The number of ether oxygens (including phenoxy) is 1. The third-order valence-corrected chi connectivity index (χ3v) is 2.99. The molecule has 1 aliphatic rings. The van der Waals surface area contributed by atoms with Crippen LogP contribution in [0.5, 0.6) is 5.75 Å². The van der Waals surface area contributed by atoms with Gasteiger partial charge in [-0.2, -0.15) is 0 Å². The predicted octanol–water partition coefficient (Wildman–Crippen LogP) is 2.55. The third-order valence-electron chi connectivity index (χ3n) is 2.99. The third kappa shape index (κ3) is 3.07. The van der Waals surface area contributed by atoms with E-state index in [-0.39, 0.29) is 18.4 Å². The number of halogens is 3. The lowest BCUT2D eigenvalue weighted by Crippen LogP contribution is -2.31. The van der Waals surface area contributed by atoms with E-state index >= 15 is 0 Å². The van der Waals surface area contributed by atoms with Crippen LogP contribution in [0.15, 0.2) is 24.3 Å². The average molecular weight is 261 g/mol. The highest BCUT2D eigenvalue weighted by atomic mass is 19.4. The van der Waals surface area contributed by atoms with Crippen molar-refractivity contribution in [2.45, 2.75) is 25.2 Å². The van der Waals surface area contributed by atoms with Gasteiger partial charge in [0.1, 0.15) is 5.75 Å². The lowest BCUT2D eigenvalue weighted by molar-refractivity contribution is -0.274. The summed E-state index contributed by atoms with van der Waals surface area (Å²) in [6.07, 6.45) is -2.79. The Bertz CT molecular complexity index is 391. The van der Waals surface area contributed by atoms with Gasteiger partial charge in [0.2, 0.25) is 0 Å². The van der Waals surface area contributed by atoms with Crippen LogP contribution in [-0.2, 0) is 0 Å². The number of benzene rings is 1. The van der Waals surface area contributed by atoms with Crippen molar-refractivity contribution in [3.8, 4) is 5.75 Å². The Morgan fingerprint density at radius 3 is 2.50 bits per heavy atom. The number of anilines is 1. The van der Waals surface area contributed by atoms with Crippen LogP contribution in [0.25, 0.3) is 0 Å². The van der Waals surface area contributed by atoms with Crippen molar-refractivity contribution < 1.29 is 23.0 Å². The van der Waals surface area contributed by atoms with E-state index in [0.717, 1.165) is 25.1 Å². The van der Waals surface area contributed by atoms with Gasteiger partial charge >= 0.3 is 6.36 Å². The molecule has 3 nitrogen and oxygen atoms in total. The molecule has 0 spiro atoms. The van der Waals surface area contributed by atoms with Crippen LogP contribution in [-0.4, -0.2) is 30.7 Å². The summed E-state index contributed by atoms with van der Waals surface area (Å²) >= 11 is 0. The topological polar surface area (TPSA) is 32.7 Å². The smallest absolute Gasteiger partial charge is 0.406 e. The molecule has 6 heteroatoms. The van der Waals surface area contributed by atoms with Crippen molar-refractivity contribution in [3.63, 3.8) is 0 Å². The molecule has 1 heterocycles. The van der Waals surface area contributed by atoms with Crippen LogP contribution in [0.1, 0.15) is 12.8 Å². The fraction of sp³-hybridized carbons (Fsp3) is 0.500. The van der Waals surface area contributed by atoms with Crippen LogP contribution >= 0.6 is 0 Å². The number of hydrogen-bond acceptors (Lipinski definition) is 3. The molecule has 1 fully saturated rings. The molecule has 2 rings (SSSR count). The Morgan fingerprint density at radius 1 is 1.28 bits per heavy atom. The van der Waals surface area contributed by atoms with Gasteiger partial charge in [-0.15, -0.1) is 13.2 Å². The Labute approximate surface area is 103 Å². The molecule has 0 unspecified atom stereocenters. The highest BCUT2D eigenvalue weighted by Crippen LogP contribution is 2.29. The summed E-state index contributed by atoms with van der Waals surface area (Å²) in [6, 6.07) is 5.79. The van der Waals surface area contributed by atoms with Crippen molar-refractivity contribution in [1.29, 1.82) is 0 Å². The Morgan fingerprint density at radius 2 is 1.94 bits per heavy atom. The lowest BCUT2D eigenvalue weighted by Gasteiger charge is -2.25. The first kappa shape index (κ1) is 13.0. The Kier molecular flexibility index (Phi) is 3.65. The monoisotopic (exact) mass is 261 g/mol. The van der Waals surface area contributed by atoms with Gasteiger partial charge in [0.15, 0.2) is 0 Å². The zero-order valence-corrected chi connectivity index (χ0v) is 9.65. The lowest BCUT2D eigenvalue weighted by atomic mass is 10.2. The summed E-state index contributed by atoms with van der Waals surface area (Å²) in [6.45, 7) is 0.867. The second-order valence-electron chi connectivity index (χ2n) is 4.21. The summed E-state index contributed by atoms with van der Waals surface area (Å²) < 4.78 is 39.8. The number of rotatable bonds is 3. The minimum atomic E-state index is -4.66. The van der Waals surface area contributed by atoms with Gasteiger partial charge in [-0.25, -0.2) is 0 Å². The van der Waals surface area contributed by atoms with Gasteiger partial charge in [-0.05, 0) is 37.1 Å². The first-order valence-corrected chi connectivity index (χ1v) is 5.73. The molecule has 1 aromatic carbocycles. The zero-order chi connectivity index (χ0) is 13.2. The number of aliphatic hydroxyl groups is 1. The SMILES string of the molecule is OC[C@H]1CCCN1c1ccc(OC(F)(F)F)cc1. The average Bonchev–Trinajstić information content (AvgIpc) is 2.76. The van der Waals surface area contributed by atoms with Crippen LogP contribution in [0.2, 0.25) is 0 Å². The summed E-state index contributed by atoms with van der Waals surface area (Å²) in [4.78, 5) is 2.00. The van der Waals surface area contributed by atoms with Gasteiger partial charge in [-0.3, -0.25) is 0 Å². The number of aliphatic hydroxyl groups excluding tert-OH is 1. The molecule has 1 N–H and O–H groups in total. The molecule has 0 bridgehead atoms. The van der Waals surface area contributed by atoms with Crippen LogP contribution in [0.4, 0.5) is 18.9 Å². The summed E-state index contributed by atoms with van der Waals surface area (Å²) in [5.41, 5.74) is 0.807. The molecule has 0 amide bonds. The maximum Gasteiger partial charge on any atom is 0.573 e. The van der Waals surface area contributed by atoms with Crippen molar-refractivity contribution in [1.82, 2.24) is 0 Å². The van der Waals surface area contributed by atoms with Crippen molar-refractivity contribution >= 4 is 5.69 Å². The standard InChI is InChI=1S/C12H14F3NO2/c13-12(14,15)18-11-5-3-9(4-6-11)16-7-1-2-10(16)8-17/h3-6,10,17H,1-2,7-8H2/t10-/m1/s1. The molecule has 1 aliphatic heterocycles. The second-order valence-corrected chi connectivity index (χ2v) is 4.21. The normalized spacial score (nSPS) is 20.2. The second kappa shape index (κ2) is 5.06. The van der Waals surface area contributed by atoms with Gasteiger partial charge in [0.05, 0.1) is 12.6 Å². The molecule has 18 heavy (non-hydrogen) atoms. The maximum atomic E-state index is 12.0. The number of nitrogens with zero attached hydrogens (tertiary/aromatic N) is 1. The Hall–Kier alpha value is -1.43. The van der Waals surface area contributed by atoms with Crippen LogP contribution < -0.4 is 9.64 Å². The van der Waals surface area contributed by atoms with E-state index in [1.54, 1.807) is 12.1 Å². The molecule has 100 valence electrons. The largest absolute Gasteiger partial charge is 0.573 e. The fourth-order valence-electron chi connectivity index (χ4n) is 2.20. The number of hydrogen-bond donors (Lipinski definition) is 1. The van der Waals surface area contributed by atoms with Crippen LogP contribution in [0, 0.1) is 0 Å². The minimum absolute atomic E-state index is 0.0550. The number of alkyl halides is 3. The van der Waals surface area contributed by atoms with E-state index in [1.807, 2.05) is 4.90 Å². The van der Waals surface area contributed by atoms with E-state index in [9.17, 15) is 18.3 Å². The first-order valence-electron chi connectivity index (χ1n) is 5.73. The summed E-state index contributed by atoms with van der Waals surface area (Å²) in [5.74, 6) is -0.231. The van der Waals surface area contributed by atoms with E-state index in [1.165, 1.54) is 12.1 Å². The van der Waals surface area contributed by atoms with Gasteiger partial charge in [0, 0.05) is 12.2 Å². The fourth-order valence-corrected chi connectivity index (χ4v) is 2.20. The first-order chi connectivity index (χ1) is 8.49. The highest BCUT2D eigenvalue weighted by molar-refractivity contribution is 5.50. The van der Waals surface area contributed by atoms with E-state index in [4.69, 9.17) is 0 Å². The van der Waals surface area contributed by atoms with Crippen molar-refractivity contribution in [2.75, 3.05) is 18.1 Å². The van der Waals surface area contributed by atoms with Crippen molar-refractivity contribution in [3.05, 3.63) is 24.3 Å².